The van der Waals surface area contributed by atoms with Crippen LogP contribution in [0.4, 0.5) is 5.69 Å². The summed E-state index contributed by atoms with van der Waals surface area (Å²) < 4.78 is 21.6. The summed E-state index contributed by atoms with van der Waals surface area (Å²) in [5.74, 6) is -0.0886. The van der Waals surface area contributed by atoms with Crippen molar-refractivity contribution in [2.75, 3.05) is 19.5 Å². The zero-order chi connectivity index (χ0) is 29.8. The molecule has 3 rings (SSSR count). The number of carbonyl (C=O) groups excluding carboxylic acids is 2. The summed E-state index contributed by atoms with van der Waals surface area (Å²) >= 11 is 0. The van der Waals surface area contributed by atoms with Gasteiger partial charge in [0.25, 0.3) is 0 Å². The van der Waals surface area contributed by atoms with Crippen molar-refractivity contribution >= 4 is 17.6 Å². The van der Waals surface area contributed by atoms with Crippen LogP contribution in [0.3, 0.4) is 0 Å². The van der Waals surface area contributed by atoms with Crippen molar-refractivity contribution in [2.45, 2.75) is 97.6 Å². The molecule has 2 aromatic rings. The summed E-state index contributed by atoms with van der Waals surface area (Å²) in [4.78, 5) is 27.7. The number of anilines is 1. The number of nitrogens with zero attached hydrogens (tertiary/aromatic N) is 1. The lowest BCUT2D eigenvalue weighted by Gasteiger charge is -2.38. The summed E-state index contributed by atoms with van der Waals surface area (Å²) in [6, 6.07) is 14.1. The molecule has 2 atom stereocenters. The first-order valence-electron chi connectivity index (χ1n) is 14.8. The van der Waals surface area contributed by atoms with Gasteiger partial charge in [-0.15, -0.1) is 0 Å². The molecule has 8 heteroatoms. The predicted molar refractivity (Wildman–Crippen MR) is 161 cm³/mol. The molecule has 0 saturated carbocycles. The average molecular weight is 567 g/mol. The van der Waals surface area contributed by atoms with E-state index in [1.165, 1.54) is 25.3 Å². The molecule has 1 N–H and O–H groups in total. The second-order valence-electron chi connectivity index (χ2n) is 10.5. The Morgan fingerprint density at radius 1 is 0.927 bits per heavy atom. The Balaban J connectivity index is 2.08. The van der Waals surface area contributed by atoms with E-state index in [9.17, 15) is 9.59 Å². The normalized spacial score (nSPS) is 16.3. The van der Waals surface area contributed by atoms with E-state index in [0.29, 0.717) is 11.5 Å². The Labute approximate surface area is 245 Å². The van der Waals surface area contributed by atoms with Crippen molar-refractivity contribution in [3.63, 3.8) is 0 Å². The maximum atomic E-state index is 12.8. The van der Waals surface area contributed by atoms with Crippen LogP contribution in [0.2, 0.25) is 0 Å². The number of esters is 2. The van der Waals surface area contributed by atoms with Crippen LogP contribution in [-0.4, -0.2) is 43.4 Å². The largest absolute Gasteiger partial charge is 0.497 e. The predicted octanol–water partition coefficient (Wildman–Crippen LogP) is 7.15. The van der Waals surface area contributed by atoms with Gasteiger partial charge >= 0.3 is 11.9 Å². The van der Waals surface area contributed by atoms with Crippen molar-refractivity contribution in [1.82, 2.24) is 4.90 Å². The molecule has 0 bridgehead atoms. The first-order chi connectivity index (χ1) is 19.8. The van der Waals surface area contributed by atoms with E-state index >= 15 is 0 Å². The SMILES string of the molecule is CCCCCc1ccc(C(Nc2ccc(OC)cc2OC)N(C=C2C(=O)OC(C)OC2=O)C(C)CCCCC)cc1. The number of benzene rings is 2. The summed E-state index contributed by atoms with van der Waals surface area (Å²) in [6.45, 7) is 8.01. The van der Waals surface area contributed by atoms with Crippen molar-refractivity contribution in [2.24, 2.45) is 0 Å². The standard InChI is InChI=1S/C33H46N2O6/c1-7-9-11-13-23(3)35(22-28-32(36)40-24(4)41-33(28)37)31(26-17-15-25(16-18-26)14-12-10-8-2)34-29-20-19-27(38-5)21-30(29)39-6/h15-24,31,34H,7-14H2,1-6H3. The Morgan fingerprint density at radius 3 is 2.20 bits per heavy atom. The molecule has 224 valence electrons. The van der Waals surface area contributed by atoms with E-state index in [-0.39, 0.29) is 11.6 Å². The lowest BCUT2D eigenvalue weighted by Crippen LogP contribution is -2.40. The van der Waals surface area contributed by atoms with Crippen molar-refractivity contribution in [1.29, 1.82) is 0 Å². The monoisotopic (exact) mass is 566 g/mol. The van der Waals surface area contributed by atoms with Gasteiger partial charge in [-0.25, -0.2) is 9.59 Å². The van der Waals surface area contributed by atoms with Crippen LogP contribution in [-0.2, 0) is 25.5 Å². The number of hydrogen-bond acceptors (Lipinski definition) is 8. The third kappa shape index (κ3) is 8.90. The molecule has 0 radical (unpaired) electrons. The third-order valence-corrected chi connectivity index (χ3v) is 7.36. The fourth-order valence-electron chi connectivity index (χ4n) is 4.93. The fourth-order valence-corrected chi connectivity index (χ4v) is 4.93. The molecule has 1 aliphatic rings. The molecular formula is C33H46N2O6. The van der Waals surface area contributed by atoms with Gasteiger partial charge in [0.1, 0.15) is 17.7 Å². The highest BCUT2D eigenvalue weighted by atomic mass is 16.7. The summed E-state index contributed by atoms with van der Waals surface area (Å²) in [5, 5.41) is 3.63. The molecule has 1 aliphatic heterocycles. The van der Waals surface area contributed by atoms with Gasteiger partial charge in [0, 0.05) is 25.2 Å². The molecule has 0 amide bonds. The van der Waals surface area contributed by atoms with Crippen molar-refractivity contribution < 1.29 is 28.5 Å². The Morgan fingerprint density at radius 2 is 1.59 bits per heavy atom. The second-order valence-corrected chi connectivity index (χ2v) is 10.5. The molecule has 0 aromatic heterocycles. The minimum absolute atomic E-state index is 0.0278. The topological polar surface area (TPSA) is 86.3 Å². The van der Waals surface area contributed by atoms with Crippen molar-refractivity contribution in [3.05, 3.63) is 65.4 Å². The van der Waals surface area contributed by atoms with Crippen LogP contribution in [0.25, 0.3) is 0 Å². The van der Waals surface area contributed by atoms with E-state index < -0.39 is 24.4 Å². The number of unbranched alkanes of at least 4 members (excludes halogenated alkanes) is 4. The van der Waals surface area contributed by atoms with Crippen LogP contribution in [0, 0.1) is 0 Å². The molecule has 1 heterocycles. The van der Waals surface area contributed by atoms with Crippen molar-refractivity contribution in [3.8, 4) is 11.5 Å². The maximum Gasteiger partial charge on any atom is 0.350 e. The highest BCUT2D eigenvalue weighted by molar-refractivity contribution is 6.15. The van der Waals surface area contributed by atoms with E-state index in [4.69, 9.17) is 18.9 Å². The maximum absolute atomic E-state index is 12.8. The number of carbonyl (C=O) groups is 2. The number of nitrogens with one attached hydrogen (secondary N) is 1. The number of hydrogen-bond donors (Lipinski definition) is 1. The van der Waals surface area contributed by atoms with Crippen LogP contribution in [0.15, 0.2) is 54.2 Å². The average Bonchev–Trinajstić information content (AvgIpc) is 2.96. The summed E-state index contributed by atoms with van der Waals surface area (Å²) in [6.07, 6.45) is 8.85. The lowest BCUT2D eigenvalue weighted by molar-refractivity contribution is -0.190. The van der Waals surface area contributed by atoms with Gasteiger partial charge in [-0.05, 0) is 49.4 Å². The molecular weight excluding hydrogens is 520 g/mol. The molecule has 1 saturated heterocycles. The minimum atomic E-state index is -0.916. The van der Waals surface area contributed by atoms with Gasteiger partial charge in [0.05, 0.1) is 19.9 Å². The summed E-state index contributed by atoms with van der Waals surface area (Å²) in [7, 11) is 3.23. The van der Waals surface area contributed by atoms with Gasteiger partial charge in [-0.1, -0.05) is 70.2 Å². The van der Waals surface area contributed by atoms with E-state index in [0.717, 1.165) is 49.8 Å². The van der Waals surface area contributed by atoms with Crippen LogP contribution >= 0.6 is 0 Å². The fraction of sp³-hybridized carbons (Fsp3) is 0.515. The van der Waals surface area contributed by atoms with E-state index in [1.807, 2.05) is 23.1 Å². The van der Waals surface area contributed by atoms with Gasteiger partial charge in [0.15, 0.2) is 5.57 Å². The molecule has 2 unspecified atom stereocenters. The molecule has 1 fully saturated rings. The van der Waals surface area contributed by atoms with Crippen LogP contribution in [0.1, 0.15) is 89.9 Å². The van der Waals surface area contributed by atoms with Crippen LogP contribution < -0.4 is 14.8 Å². The van der Waals surface area contributed by atoms with Gasteiger partial charge in [-0.2, -0.15) is 0 Å². The highest BCUT2D eigenvalue weighted by Gasteiger charge is 2.34. The van der Waals surface area contributed by atoms with Gasteiger partial charge in [0.2, 0.25) is 6.29 Å². The lowest BCUT2D eigenvalue weighted by atomic mass is 10.0. The van der Waals surface area contributed by atoms with Crippen LogP contribution in [0.5, 0.6) is 11.5 Å². The smallest absolute Gasteiger partial charge is 0.350 e. The minimum Gasteiger partial charge on any atom is -0.497 e. The Hall–Kier alpha value is -3.68. The third-order valence-electron chi connectivity index (χ3n) is 7.36. The molecule has 41 heavy (non-hydrogen) atoms. The Bertz CT molecular complexity index is 1140. The number of rotatable bonds is 16. The molecule has 0 aliphatic carbocycles. The molecule has 8 nitrogen and oxygen atoms in total. The van der Waals surface area contributed by atoms with E-state index in [2.05, 4.69) is 50.4 Å². The number of methoxy groups -OCH3 is 2. The molecule has 2 aromatic carbocycles. The molecule has 0 spiro atoms. The highest BCUT2D eigenvalue weighted by Crippen LogP contribution is 2.35. The number of aryl methyl sites for hydroxylation is 1. The zero-order valence-electron chi connectivity index (χ0n) is 25.4. The first-order valence-corrected chi connectivity index (χ1v) is 14.8. The second kappa shape index (κ2) is 15.9. The van der Waals surface area contributed by atoms with Gasteiger partial charge < -0.3 is 29.2 Å². The quantitative estimate of drug-likeness (QED) is 0.0754. The van der Waals surface area contributed by atoms with Gasteiger partial charge in [-0.3, -0.25) is 0 Å². The first kappa shape index (κ1) is 31.8. The number of cyclic esters (lactones) is 2. The number of ether oxygens (including phenoxy) is 4. The summed E-state index contributed by atoms with van der Waals surface area (Å²) in [5.41, 5.74) is 2.87. The zero-order valence-corrected chi connectivity index (χ0v) is 25.4. The van der Waals surface area contributed by atoms with E-state index in [1.54, 1.807) is 20.4 Å². The Kier molecular flexibility index (Phi) is 12.4.